The predicted octanol–water partition coefficient (Wildman–Crippen LogP) is 17.6. The molecule has 1 saturated heterocycles. The van der Waals surface area contributed by atoms with E-state index in [1.54, 1.807) is 0 Å². The molecule has 6 atom stereocenters. The Labute approximate surface area is 503 Å². The number of carboxylic acids is 1. The van der Waals surface area contributed by atoms with E-state index in [1.165, 1.54) is 57.8 Å². The smallest absolute Gasteiger partial charge is 0.335 e. The molecule has 470 valence electrons. The molecule has 0 aromatic carbocycles. The van der Waals surface area contributed by atoms with Crippen molar-refractivity contribution in [2.24, 2.45) is 0 Å². The van der Waals surface area contributed by atoms with E-state index >= 15 is 0 Å². The lowest BCUT2D eigenvalue weighted by atomic mass is 9.98. The fourth-order valence-electron chi connectivity index (χ4n) is 9.10. The molecule has 0 radical (unpaired) electrons. The Hall–Kier alpha value is -4.88. The van der Waals surface area contributed by atoms with Crippen molar-refractivity contribution in [3.8, 4) is 0 Å². The van der Waals surface area contributed by atoms with Crippen LogP contribution < -0.4 is 0 Å². The molecule has 83 heavy (non-hydrogen) atoms. The van der Waals surface area contributed by atoms with Crippen LogP contribution in [0.25, 0.3) is 0 Å². The van der Waals surface area contributed by atoms with Crippen molar-refractivity contribution in [2.45, 2.75) is 289 Å². The maximum absolute atomic E-state index is 13.2. The van der Waals surface area contributed by atoms with Crippen LogP contribution in [0, 0.1) is 0 Å². The molecule has 1 fully saturated rings. The highest BCUT2D eigenvalue weighted by Gasteiger charge is 2.50. The second-order valence-corrected chi connectivity index (χ2v) is 21.6. The van der Waals surface area contributed by atoms with Gasteiger partial charge in [0, 0.05) is 19.3 Å². The predicted molar refractivity (Wildman–Crippen MR) is 340 cm³/mol. The van der Waals surface area contributed by atoms with Gasteiger partial charge in [-0.25, -0.2) is 4.79 Å². The molecule has 1 heterocycles. The minimum Gasteiger partial charge on any atom is -0.479 e. The minimum absolute atomic E-state index is 0.0324. The number of carboxylic acid groups (broad SMARTS) is 1. The van der Waals surface area contributed by atoms with Crippen LogP contribution in [0.1, 0.15) is 252 Å². The average molecular weight is 1160 g/mol. The van der Waals surface area contributed by atoms with Gasteiger partial charge in [0.25, 0.3) is 0 Å². The molecule has 12 heteroatoms. The van der Waals surface area contributed by atoms with Gasteiger partial charge < -0.3 is 39.0 Å². The Balaban J connectivity index is 2.71. The average Bonchev–Trinajstić information content (AvgIpc) is 3.58. The maximum Gasteiger partial charge on any atom is 0.335 e. The van der Waals surface area contributed by atoms with Gasteiger partial charge in [0.05, 0.1) is 6.61 Å². The fourth-order valence-corrected chi connectivity index (χ4v) is 9.10. The summed E-state index contributed by atoms with van der Waals surface area (Å²) >= 11 is 0. The van der Waals surface area contributed by atoms with E-state index in [9.17, 15) is 34.5 Å². The van der Waals surface area contributed by atoms with E-state index in [0.717, 1.165) is 128 Å². The van der Waals surface area contributed by atoms with Gasteiger partial charge in [-0.1, -0.05) is 232 Å². The van der Waals surface area contributed by atoms with E-state index in [1.807, 2.05) is 6.08 Å². The Morgan fingerprint density at radius 2 is 0.771 bits per heavy atom. The molecule has 3 N–H and O–H groups in total. The number of carbonyl (C=O) groups is 4. The van der Waals surface area contributed by atoms with Gasteiger partial charge >= 0.3 is 23.9 Å². The molecule has 1 aliphatic heterocycles. The van der Waals surface area contributed by atoms with E-state index in [-0.39, 0.29) is 25.9 Å². The quantitative estimate of drug-likeness (QED) is 0.0228. The van der Waals surface area contributed by atoms with Crippen LogP contribution in [-0.4, -0.2) is 89.2 Å². The zero-order valence-corrected chi connectivity index (χ0v) is 51.9. The van der Waals surface area contributed by atoms with Crippen LogP contribution in [0.2, 0.25) is 0 Å². The molecule has 1 rings (SSSR count). The molecule has 1 aliphatic rings. The van der Waals surface area contributed by atoms with Crippen molar-refractivity contribution >= 4 is 23.9 Å². The van der Waals surface area contributed by atoms with Gasteiger partial charge in [-0.3, -0.25) is 14.4 Å². The van der Waals surface area contributed by atoms with Gasteiger partial charge in [-0.05, 0) is 122 Å². The van der Waals surface area contributed by atoms with Crippen LogP contribution in [0.4, 0.5) is 0 Å². The number of hydrogen-bond donors (Lipinski definition) is 3. The van der Waals surface area contributed by atoms with Crippen LogP contribution in [0.3, 0.4) is 0 Å². The number of aliphatic carboxylic acids is 1. The summed E-state index contributed by atoms with van der Waals surface area (Å²) in [6.45, 7) is 5.72. The van der Waals surface area contributed by atoms with Crippen molar-refractivity contribution in [3.63, 3.8) is 0 Å². The normalized spacial score (nSPS) is 18.4. The van der Waals surface area contributed by atoms with Gasteiger partial charge in [-0.2, -0.15) is 0 Å². The summed E-state index contributed by atoms with van der Waals surface area (Å²) in [6.07, 6.45) is 67.3. The molecule has 0 aromatic rings. The zero-order chi connectivity index (χ0) is 60.3. The number of carbonyl (C=O) groups excluding carboxylic acids is 3. The first-order valence-corrected chi connectivity index (χ1v) is 32.5. The topological polar surface area (TPSA) is 175 Å². The largest absolute Gasteiger partial charge is 0.479 e. The number of esters is 3. The van der Waals surface area contributed by atoms with E-state index < -0.39 is 67.3 Å². The molecule has 0 bridgehead atoms. The Kier molecular flexibility index (Phi) is 52.8. The fraction of sp³-hybridized carbons (Fsp3) is 0.662. The Morgan fingerprint density at radius 1 is 0.410 bits per heavy atom. The molecule has 0 spiro atoms. The number of hydrogen-bond acceptors (Lipinski definition) is 11. The molecular formula is C71H114O12. The van der Waals surface area contributed by atoms with Crippen molar-refractivity contribution in [1.29, 1.82) is 0 Å². The third kappa shape index (κ3) is 47.1. The van der Waals surface area contributed by atoms with E-state index in [2.05, 4.69) is 136 Å². The third-order valence-corrected chi connectivity index (χ3v) is 14.0. The third-order valence-electron chi connectivity index (χ3n) is 14.0. The second-order valence-electron chi connectivity index (χ2n) is 21.6. The number of rotatable bonds is 54. The minimum atomic E-state index is -1.92. The summed E-state index contributed by atoms with van der Waals surface area (Å²) in [4.78, 5) is 51.3. The zero-order valence-electron chi connectivity index (χ0n) is 51.9. The molecule has 0 saturated carbocycles. The number of allylic oxidation sites excluding steroid dienone is 20. The van der Waals surface area contributed by atoms with Crippen molar-refractivity contribution in [2.75, 3.05) is 13.2 Å². The lowest BCUT2D eigenvalue weighted by molar-refractivity contribution is -0.301. The number of unbranched alkanes of at least 4 members (excludes halogenated alkanes) is 20. The van der Waals surface area contributed by atoms with Gasteiger partial charge in [0.2, 0.25) is 0 Å². The molecular weight excluding hydrogens is 1040 g/mol. The lowest BCUT2D eigenvalue weighted by Gasteiger charge is -2.40. The second kappa shape index (κ2) is 57.5. The Bertz CT molecular complexity index is 1900. The highest BCUT2D eigenvalue weighted by molar-refractivity contribution is 5.74. The molecule has 0 aliphatic carbocycles. The summed E-state index contributed by atoms with van der Waals surface area (Å²) in [5, 5.41) is 31.6. The highest BCUT2D eigenvalue weighted by atomic mass is 16.7. The monoisotopic (exact) mass is 1160 g/mol. The first-order valence-electron chi connectivity index (χ1n) is 32.5. The van der Waals surface area contributed by atoms with Crippen LogP contribution in [0.15, 0.2) is 122 Å². The van der Waals surface area contributed by atoms with Crippen LogP contribution >= 0.6 is 0 Å². The molecule has 0 aromatic heterocycles. The molecule has 0 amide bonds. The molecule has 12 nitrogen and oxygen atoms in total. The number of aliphatic hydroxyl groups is 2. The lowest BCUT2D eigenvalue weighted by Crippen LogP contribution is -2.61. The number of ether oxygens (including phenoxy) is 5. The van der Waals surface area contributed by atoms with Crippen molar-refractivity contribution in [1.82, 2.24) is 0 Å². The van der Waals surface area contributed by atoms with Gasteiger partial charge in [0.1, 0.15) is 18.8 Å². The van der Waals surface area contributed by atoms with Crippen molar-refractivity contribution < 1.29 is 58.2 Å². The SMILES string of the molecule is CC/C=C\C/C=C\C/C=C\C/C=C\C/C=C\CCCC(=O)OCC(COC1OC(C(=O)O)C(O)C(O)C1OC(=O)CCCCCCCC/C=C\C/C=C\C/C=C\C/C=C\CC)OC(=O)CCCCCCCCC/C=C\CCCCCCCC. The maximum atomic E-state index is 13.2. The summed E-state index contributed by atoms with van der Waals surface area (Å²) in [6, 6.07) is 0. The summed E-state index contributed by atoms with van der Waals surface area (Å²) in [5.74, 6) is -3.23. The first kappa shape index (κ1) is 76.1. The van der Waals surface area contributed by atoms with Crippen LogP contribution in [-0.2, 0) is 42.9 Å². The standard InChI is InChI=1S/C71H114O12/c1-4-7-10-13-16-19-22-25-28-31-32-35-38-41-44-47-50-53-56-59-65(74)82-69-67(76)66(75)68(70(77)78)83-71(69)80-61-62(81-64(73)58-55-52-49-46-43-40-37-34-30-27-24-21-18-15-12-9-6-3)60-79-63(72)57-54-51-48-45-42-39-36-33-29-26-23-20-17-14-11-8-5-2/h7-8,10-11,16-17,19-20,25-30,32,35-36,39,45,48,62,66-69,71,75-76H,4-6,9,12-15,18,21-24,31,33-34,37-38,40-44,46-47,49-61H2,1-3H3,(H,77,78)/b10-7-,11-8-,19-16-,20-17-,28-25-,29-26-,30-27-,35-32-,39-36-,48-45-. The summed E-state index contributed by atoms with van der Waals surface area (Å²) < 4.78 is 28.5. The van der Waals surface area contributed by atoms with E-state index in [0.29, 0.717) is 25.7 Å². The molecule has 6 unspecified atom stereocenters. The highest BCUT2D eigenvalue weighted by Crippen LogP contribution is 2.26. The van der Waals surface area contributed by atoms with Gasteiger partial charge in [0.15, 0.2) is 24.6 Å². The van der Waals surface area contributed by atoms with E-state index in [4.69, 9.17) is 23.7 Å². The van der Waals surface area contributed by atoms with Gasteiger partial charge in [-0.15, -0.1) is 0 Å². The first-order chi connectivity index (χ1) is 40.6. The van der Waals surface area contributed by atoms with Crippen LogP contribution in [0.5, 0.6) is 0 Å². The number of aliphatic hydroxyl groups excluding tert-OH is 2. The van der Waals surface area contributed by atoms with Crippen molar-refractivity contribution in [3.05, 3.63) is 122 Å². The summed E-state index contributed by atoms with van der Waals surface area (Å²) in [5.41, 5.74) is 0. The summed E-state index contributed by atoms with van der Waals surface area (Å²) in [7, 11) is 0. The Morgan fingerprint density at radius 3 is 1.20 bits per heavy atom.